The predicted molar refractivity (Wildman–Crippen MR) is 137 cm³/mol. The number of ether oxygens (including phenoxy) is 2. The number of hydrogen-bond acceptors (Lipinski definition) is 7. The normalized spacial score (nSPS) is 20.2. The Morgan fingerprint density at radius 2 is 1.70 bits per heavy atom. The van der Waals surface area contributed by atoms with Crippen LogP contribution in [0.25, 0.3) is 0 Å². The molecule has 2 heterocycles. The molecule has 194 valence electrons. The summed E-state index contributed by atoms with van der Waals surface area (Å²) in [6.07, 6.45) is 4.35. The molecule has 1 spiro atoms. The number of benzene rings is 2. The quantitative estimate of drug-likeness (QED) is 0.574. The molecule has 2 aromatic rings. The fourth-order valence-electron chi connectivity index (χ4n) is 5.81. The molecule has 0 radical (unpaired) electrons. The Labute approximate surface area is 217 Å². The van der Waals surface area contributed by atoms with Crippen molar-refractivity contribution in [2.75, 3.05) is 27.3 Å². The van der Waals surface area contributed by atoms with E-state index in [4.69, 9.17) is 14.6 Å². The first-order chi connectivity index (χ1) is 17.9. The van der Waals surface area contributed by atoms with Gasteiger partial charge in [0.2, 0.25) is 10.0 Å². The van der Waals surface area contributed by atoms with Gasteiger partial charge in [-0.15, -0.1) is 0 Å². The van der Waals surface area contributed by atoms with Crippen LogP contribution in [0.3, 0.4) is 0 Å². The number of piperidine rings is 1. The molecule has 37 heavy (non-hydrogen) atoms. The van der Waals surface area contributed by atoms with Gasteiger partial charge in [0.25, 0.3) is 5.91 Å². The molecule has 1 saturated carbocycles. The fourth-order valence-corrected chi connectivity index (χ4v) is 7.43. The highest BCUT2D eigenvalue weighted by atomic mass is 32.2. The van der Waals surface area contributed by atoms with Crippen molar-refractivity contribution in [3.8, 4) is 17.6 Å². The highest BCUT2D eigenvalue weighted by molar-refractivity contribution is 7.89. The summed E-state index contributed by atoms with van der Waals surface area (Å²) in [7, 11) is -0.645. The monoisotopic (exact) mass is 522 g/mol. The Hall–Kier alpha value is -3.42. The maximum absolute atomic E-state index is 13.9. The summed E-state index contributed by atoms with van der Waals surface area (Å²) in [5.74, 6) is 1.20. The molecular formula is C27H30N4O5S. The third-order valence-electron chi connectivity index (χ3n) is 7.79. The van der Waals surface area contributed by atoms with Crippen LogP contribution >= 0.6 is 0 Å². The Morgan fingerprint density at radius 1 is 1.03 bits per heavy atom. The number of sulfonamides is 1. The average Bonchev–Trinajstić information content (AvgIpc) is 3.54. The van der Waals surface area contributed by atoms with Gasteiger partial charge in [-0.25, -0.2) is 13.4 Å². The van der Waals surface area contributed by atoms with E-state index in [9.17, 15) is 18.5 Å². The minimum Gasteiger partial charge on any atom is -0.493 e. The van der Waals surface area contributed by atoms with Crippen LogP contribution in [0.1, 0.15) is 49.7 Å². The molecule has 2 aliphatic heterocycles. The van der Waals surface area contributed by atoms with Gasteiger partial charge in [0.05, 0.1) is 41.8 Å². The number of rotatable bonds is 6. The van der Waals surface area contributed by atoms with Crippen LogP contribution in [0.5, 0.6) is 11.5 Å². The smallest absolute Gasteiger partial charge is 0.255 e. The van der Waals surface area contributed by atoms with Crippen molar-refractivity contribution in [2.45, 2.75) is 49.5 Å². The van der Waals surface area contributed by atoms with Gasteiger partial charge in [-0.1, -0.05) is 25.0 Å². The van der Waals surface area contributed by atoms with Crippen LogP contribution in [0.15, 0.2) is 52.5 Å². The molecule has 0 atom stereocenters. The summed E-state index contributed by atoms with van der Waals surface area (Å²) in [6.45, 7) is 0.509. The van der Waals surface area contributed by atoms with Crippen LogP contribution in [0.4, 0.5) is 0 Å². The van der Waals surface area contributed by atoms with Crippen LogP contribution in [-0.4, -0.2) is 62.7 Å². The van der Waals surface area contributed by atoms with Gasteiger partial charge in [-0.05, 0) is 56.0 Å². The van der Waals surface area contributed by atoms with Crippen molar-refractivity contribution in [3.63, 3.8) is 0 Å². The first-order valence-corrected chi connectivity index (χ1v) is 13.9. The minimum atomic E-state index is -3.81. The highest BCUT2D eigenvalue weighted by Crippen LogP contribution is 2.48. The molecule has 1 amide bonds. The zero-order chi connectivity index (χ0) is 26.2. The molecule has 1 saturated heterocycles. The molecule has 5 rings (SSSR count). The summed E-state index contributed by atoms with van der Waals surface area (Å²) in [4.78, 5) is 13.9. The molecule has 2 fully saturated rings. The number of carbonyl (C=O) groups is 1. The van der Waals surface area contributed by atoms with Gasteiger partial charge in [0.15, 0.2) is 11.5 Å². The van der Waals surface area contributed by atoms with E-state index in [1.807, 2.05) is 24.3 Å². The van der Waals surface area contributed by atoms with Gasteiger partial charge >= 0.3 is 0 Å². The lowest BCUT2D eigenvalue weighted by atomic mass is 9.77. The molecule has 3 aliphatic rings. The largest absolute Gasteiger partial charge is 0.493 e. The molecule has 10 heteroatoms. The first-order valence-electron chi connectivity index (χ1n) is 12.5. The summed E-state index contributed by atoms with van der Waals surface area (Å²) in [5.41, 5.74) is 1.07. The van der Waals surface area contributed by atoms with Gasteiger partial charge in [0, 0.05) is 18.7 Å². The van der Waals surface area contributed by atoms with E-state index in [2.05, 4.69) is 0 Å². The van der Waals surface area contributed by atoms with Gasteiger partial charge in [0.1, 0.15) is 6.07 Å². The zero-order valence-electron chi connectivity index (χ0n) is 21.0. The topological polar surface area (TPSA) is 112 Å². The Kier molecular flexibility index (Phi) is 6.68. The third kappa shape index (κ3) is 4.16. The summed E-state index contributed by atoms with van der Waals surface area (Å²) < 4.78 is 38.8. The zero-order valence-corrected chi connectivity index (χ0v) is 21.8. The maximum atomic E-state index is 13.9. The predicted octanol–water partition coefficient (Wildman–Crippen LogP) is 3.54. The SMILES string of the molecule is COc1ccc(C2=NN(C3CCN(S(=O)(=O)c4ccccc4C#N)CC3)C(=O)C23CCCC3)cc1OC. The molecular weight excluding hydrogens is 492 g/mol. The second kappa shape index (κ2) is 9.80. The maximum Gasteiger partial charge on any atom is 0.255 e. The van der Waals surface area contributed by atoms with E-state index < -0.39 is 15.4 Å². The molecule has 0 unspecified atom stereocenters. The van der Waals surface area contributed by atoms with Gasteiger partial charge in [-0.2, -0.15) is 14.7 Å². The standard InChI is InChI=1S/C27H30N4O5S/c1-35-22-10-9-19(17-23(22)36-2)25-27(13-5-6-14-27)26(32)31(29-25)21-11-15-30(16-12-21)37(33,34)24-8-4-3-7-20(24)18-28/h3-4,7-10,17,21H,5-6,11-16H2,1-2H3. The van der Waals surface area contributed by atoms with Crippen molar-refractivity contribution in [1.29, 1.82) is 5.26 Å². The third-order valence-corrected chi connectivity index (χ3v) is 9.74. The first kappa shape index (κ1) is 25.2. The molecule has 0 N–H and O–H groups in total. The fraction of sp³-hybridized carbons (Fsp3) is 0.444. The van der Waals surface area contributed by atoms with Crippen LogP contribution in [0, 0.1) is 16.7 Å². The number of amides is 1. The van der Waals surface area contributed by atoms with Crippen LogP contribution < -0.4 is 9.47 Å². The average molecular weight is 523 g/mol. The van der Waals surface area contributed by atoms with E-state index in [-0.39, 0.29) is 35.5 Å². The minimum absolute atomic E-state index is 0.00548. The van der Waals surface area contributed by atoms with Gasteiger partial charge in [-0.3, -0.25) is 4.79 Å². The van der Waals surface area contributed by atoms with E-state index in [1.54, 1.807) is 31.4 Å². The summed E-state index contributed by atoms with van der Waals surface area (Å²) >= 11 is 0. The Morgan fingerprint density at radius 3 is 2.35 bits per heavy atom. The lowest BCUT2D eigenvalue weighted by molar-refractivity contribution is -0.138. The van der Waals surface area contributed by atoms with Gasteiger partial charge < -0.3 is 9.47 Å². The number of carbonyl (C=O) groups excluding carboxylic acids is 1. The van der Waals surface area contributed by atoms with E-state index >= 15 is 0 Å². The second-order valence-corrected chi connectivity index (χ2v) is 11.6. The lowest BCUT2D eigenvalue weighted by Gasteiger charge is -2.35. The van der Waals surface area contributed by atoms with E-state index in [0.717, 1.165) is 37.0 Å². The Bertz CT molecular complexity index is 1380. The summed E-state index contributed by atoms with van der Waals surface area (Å²) in [5, 5.41) is 15.9. The highest BCUT2D eigenvalue weighted by Gasteiger charge is 2.54. The van der Waals surface area contributed by atoms with Crippen molar-refractivity contribution in [2.24, 2.45) is 10.5 Å². The molecule has 1 aliphatic carbocycles. The van der Waals surface area contributed by atoms with Crippen molar-refractivity contribution >= 4 is 21.6 Å². The van der Waals surface area contributed by atoms with Crippen LogP contribution in [-0.2, 0) is 14.8 Å². The van der Waals surface area contributed by atoms with E-state index in [1.165, 1.54) is 16.4 Å². The molecule has 0 bridgehead atoms. The number of nitrogens with zero attached hydrogens (tertiary/aromatic N) is 4. The van der Waals surface area contributed by atoms with Crippen LogP contribution in [0.2, 0.25) is 0 Å². The van der Waals surface area contributed by atoms with E-state index in [0.29, 0.717) is 24.3 Å². The Balaban J connectivity index is 1.40. The van der Waals surface area contributed by atoms with Crippen molar-refractivity contribution in [1.82, 2.24) is 9.31 Å². The number of hydrogen-bond donors (Lipinski definition) is 0. The second-order valence-electron chi connectivity index (χ2n) is 9.70. The molecule has 0 aromatic heterocycles. The number of hydrazone groups is 1. The van der Waals surface area contributed by atoms with Crippen molar-refractivity contribution in [3.05, 3.63) is 53.6 Å². The summed E-state index contributed by atoms with van der Waals surface area (Å²) in [6, 6.07) is 13.6. The van der Waals surface area contributed by atoms with Crippen molar-refractivity contribution < 1.29 is 22.7 Å². The lowest BCUT2D eigenvalue weighted by Crippen LogP contribution is -2.48. The molecule has 9 nitrogen and oxygen atoms in total. The number of nitriles is 1. The number of methoxy groups -OCH3 is 2. The molecule has 2 aromatic carbocycles.